The highest BCUT2D eigenvalue weighted by molar-refractivity contribution is 7.89. The average Bonchev–Trinajstić information content (AvgIpc) is 2.68. The van der Waals surface area contributed by atoms with Gasteiger partial charge in [-0.2, -0.15) is 4.31 Å². The molecule has 2 amide bonds. The molecule has 0 aliphatic carbocycles. The third kappa shape index (κ3) is 5.04. The van der Waals surface area contributed by atoms with Gasteiger partial charge in [0.15, 0.2) is 0 Å². The molecule has 1 fully saturated rings. The van der Waals surface area contributed by atoms with Crippen molar-refractivity contribution >= 4 is 27.9 Å². The van der Waals surface area contributed by atoms with Gasteiger partial charge in [-0.15, -0.1) is 0 Å². The molecule has 0 aromatic heterocycles. The Labute approximate surface area is 164 Å². The van der Waals surface area contributed by atoms with Gasteiger partial charge in [0.2, 0.25) is 10.0 Å². The Balaban J connectivity index is 2.17. The van der Waals surface area contributed by atoms with Crippen LogP contribution in [-0.4, -0.2) is 76.3 Å². The van der Waals surface area contributed by atoms with Gasteiger partial charge in [0, 0.05) is 26.2 Å². The number of sulfonamides is 1. The first kappa shape index (κ1) is 21.8. The number of methoxy groups -OCH3 is 1. The highest BCUT2D eigenvalue weighted by Gasteiger charge is 2.31. The average molecular weight is 415 g/mol. The Morgan fingerprint density at radius 1 is 1.07 bits per heavy atom. The molecule has 2 rings (SSSR count). The highest BCUT2D eigenvalue weighted by atomic mass is 32.2. The van der Waals surface area contributed by atoms with E-state index >= 15 is 0 Å². The maximum atomic E-state index is 13.0. The minimum atomic E-state index is -3.81. The number of carbonyl (C=O) groups excluding carboxylic acids is 2. The topological polar surface area (TPSA) is 114 Å². The molecule has 0 spiro atoms. The molecule has 1 aromatic carbocycles. The summed E-state index contributed by atoms with van der Waals surface area (Å²) >= 11 is 0. The maximum absolute atomic E-state index is 13.0. The molecule has 10 nitrogen and oxygen atoms in total. The molecule has 0 bridgehead atoms. The Hall–Kier alpha value is -2.53. The van der Waals surface area contributed by atoms with Gasteiger partial charge < -0.3 is 19.1 Å². The van der Waals surface area contributed by atoms with Gasteiger partial charge in [0.1, 0.15) is 5.75 Å². The second-order valence-corrected chi connectivity index (χ2v) is 7.74. The predicted octanol–water partition coefficient (Wildman–Crippen LogP) is 1.73. The van der Waals surface area contributed by atoms with E-state index in [2.05, 4.69) is 5.32 Å². The van der Waals surface area contributed by atoms with Crippen LogP contribution in [0.5, 0.6) is 5.75 Å². The molecule has 11 heteroatoms. The summed E-state index contributed by atoms with van der Waals surface area (Å²) in [5.41, 5.74) is 0.187. The number of nitrogens with one attached hydrogen (secondary N) is 1. The minimum absolute atomic E-state index is 0.00434. The SMILES string of the molecule is CCOC(=O)Nc1cc(S(=O)(=O)N2CCN(C(=O)OCC)CC2)ccc1OC. The molecule has 0 radical (unpaired) electrons. The second kappa shape index (κ2) is 9.60. The van der Waals surface area contributed by atoms with Crippen molar-refractivity contribution < 1.29 is 32.2 Å². The van der Waals surface area contributed by atoms with E-state index < -0.39 is 22.2 Å². The van der Waals surface area contributed by atoms with Crippen molar-refractivity contribution in [2.75, 3.05) is 51.8 Å². The van der Waals surface area contributed by atoms with Crippen LogP contribution in [0, 0.1) is 0 Å². The van der Waals surface area contributed by atoms with Crippen molar-refractivity contribution in [2.24, 2.45) is 0 Å². The minimum Gasteiger partial charge on any atom is -0.495 e. The van der Waals surface area contributed by atoms with Crippen LogP contribution in [0.15, 0.2) is 23.1 Å². The van der Waals surface area contributed by atoms with E-state index in [-0.39, 0.29) is 50.0 Å². The molecule has 1 aliphatic heterocycles. The van der Waals surface area contributed by atoms with Crippen LogP contribution in [0.25, 0.3) is 0 Å². The van der Waals surface area contributed by atoms with Crippen LogP contribution in [0.1, 0.15) is 13.8 Å². The first-order valence-corrected chi connectivity index (χ1v) is 10.3. The number of hydrogen-bond donors (Lipinski definition) is 1. The van der Waals surface area contributed by atoms with Crippen LogP contribution >= 0.6 is 0 Å². The number of rotatable bonds is 6. The molecule has 156 valence electrons. The smallest absolute Gasteiger partial charge is 0.411 e. The number of anilines is 1. The van der Waals surface area contributed by atoms with Crippen molar-refractivity contribution in [1.29, 1.82) is 0 Å². The summed E-state index contributed by atoms with van der Waals surface area (Å²) < 4.78 is 42.1. The largest absolute Gasteiger partial charge is 0.495 e. The van der Waals surface area contributed by atoms with E-state index in [0.29, 0.717) is 5.75 Å². The van der Waals surface area contributed by atoms with E-state index in [1.807, 2.05) is 0 Å². The standard InChI is InChI=1S/C17H25N3O7S/c1-4-26-16(21)18-14-12-13(6-7-15(14)25-3)28(23,24)20-10-8-19(9-11-20)17(22)27-5-2/h6-7,12H,4-5,8-11H2,1-3H3,(H,18,21). The number of piperazine rings is 1. The van der Waals surface area contributed by atoms with Gasteiger partial charge in [-0.1, -0.05) is 0 Å². The molecular formula is C17H25N3O7S. The number of carbonyl (C=O) groups is 2. The molecular weight excluding hydrogens is 390 g/mol. The van der Waals surface area contributed by atoms with Crippen molar-refractivity contribution in [3.05, 3.63) is 18.2 Å². The summed E-state index contributed by atoms with van der Waals surface area (Å²) in [4.78, 5) is 24.9. The zero-order valence-electron chi connectivity index (χ0n) is 16.1. The fourth-order valence-electron chi connectivity index (χ4n) is 2.70. The second-order valence-electron chi connectivity index (χ2n) is 5.80. The van der Waals surface area contributed by atoms with Crippen LogP contribution in [0.4, 0.5) is 15.3 Å². The first-order valence-electron chi connectivity index (χ1n) is 8.87. The number of hydrogen-bond acceptors (Lipinski definition) is 7. The fourth-order valence-corrected chi connectivity index (χ4v) is 4.15. The Morgan fingerprint density at radius 3 is 2.29 bits per heavy atom. The molecule has 1 heterocycles. The summed E-state index contributed by atoms with van der Waals surface area (Å²) in [5.74, 6) is 0.305. The van der Waals surface area contributed by atoms with E-state index in [0.717, 1.165) is 0 Å². The molecule has 1 saturated heterocycles. The zero-order chi connectivity index (χ0) is 20.7. The van der Waals surface area contributed by atoms with Crippen molar-refractivity contribution in [3.63, 3.8) is 0 Å². The van der Waals surface area contributed by atoms with Crippen LogP contribution < -0.4 is 10.1 Å². The Bertz CT molecular complexity index is 805. The third-order valence-corrected chi connectivity index (χ3v) is 5.98. The Kier molecular flexibility index (Phi) is 7.46. The van der Waals surface area contributed by atoms with Crippen molar-refractivity contribution in [3.8, 4) is 5.75 Å². The summed E-state index contributed by atoms with van der Waals surface area (Å²) in [5, 5.41) is 2.48. The Morgan fingerprint density at radius 2 is 1.71 bits per heavy atom. The van der Waals surface area contributed by atoms with Crippen LogP contribution in [0.3, 0.4) is 0 Å². The molecule has 0 saturated carbocycles. The fraction of sp³-hybridized carbons (Fsp3) is 0.529. The lowest BCUT2D eigenvalue weighted by Crippen LogP contribution is -2.50. The maximum Gasteiger partial charge on any atom is 0.411 e. The molecule has 0 unspecified atom stereocenters. The molecule has 1 aliphatic rings. The quantitative estimate of drug-likeness (QED) is 0.752. The van der Waals surface area contributed by atoms with Gasteiger partial charge >= 0.3 is 12.2 Å². The molecule has 1 N–H and O–H groups in total. The molecule has 0 atom stereocenters. The van der Waals surface area contributed by atoms with E-state index in [9.17, 15) is 18.0 Å². The predicted molar refractivity (Wildman–Crippen MR) is 101 cm³/mol. The highest BCUT2D eigenvalue weighted by Crippen LogP contribution is 2.29. The summed E-state index contributed by atoms with van der Waals surface area (Å²) in [6, 6.07) is 4.19. The number of nitrogens with zero attached hydrogens (tertiary/aromatic N) is 2. The normalized spacial score (nSPS) is 15.0. The number of benzene rings is 1. The van der Waals surface area contributed by atoms with Crippen molar-refractivity contribution in [1.82, 2.24) is 9.21 Å². The van der Waals surface area contributed by atoms with Gasteiger partial charge in [-0.05, 0) is 32.0 Å². The van der Waals surface area contributed by atoms with Crippen LogP contribution in [0.2, 0.25) is 0 Å². The van der Waals surface area contributed by atoms with Crippen molar-refractivity contribution in [2.45, 2.75) is 18.7 Å². The van der Waals surface area contributed by atoms with E-state index in [1.54, 1.807) is 13.8 Å². The zero-order valence-corrected chi connectivity index (χ0v) is 17.0. The van der Waals surface area contributed by atoms with Gasteiger partial charge in [-0.25, -0.2) is 18.0 Å². The first-order chi connectivity index (χ1) is 13.3. The van der Waals surface area contributed by atoms with Crippen LogP contribution in [-0.2, 0) is 19.5 Å². The monoisotopic (exact) mass is 415 g/mol. The lowest BCUT2D eigenvalue weighted by molar-refractivity contribution is 0.0934. The lowest BCUT2D eigenvalue weighted by atomic mass is 10.3. The van der Waals surface area contributed by atoms with E-state index in [1.165, 1.54) is 34.5 Å². The summed E-state index contributed by atoms with van der Waals surface area (Å²) in [6.07, 6.45) is -1.16. The van der Waals surface area contributed by atoms with E-state index in [4.69, 9.17) is 14.2 Å². The molecule has 1 aromatic rings. The van der Waals surface area contributed by atoms with Gasteiger partial charge in [-0.3, -0.25) is 5.32 Å². The number of ether oxygens (including phenoxy) is 3. The lowest BCUT2D eigenvalue weighted by Gasteiger charge is -2.33. The third-order valence-electron chi connectivity index (χ3n) is 4.09. The molecule has 28 heavy (non-hydrogen) atoms. The van der Waals surface area contributed by atoms with Gasteiger partial charge in [0.25, 0.3) is 0 Å². The summed E-state index contributed by atoms with van der Waals surface area (Å²) in [6.45, 7) is 4.58. The summed E-state index contributed by atoms with van der Waals surface area (Å²) in [7, 11) is -2.40. The van der Waals surface area contributed by atoms with Gasteiger partial charge in [0.05, 0.1) is 30.9 Å². The number of amides is 2.